The Morgan fingerprint density at radius 2 is 1.80 bits per heavy atom. The van der Waals surface area contributed by atoms with Crippen LogP contribution in [0, 0.1) is 0 Å². The van der Waals surface area contributed by atoms with Crippen LogP contribution in [0.2, 0.25) is 6.55 Å². The first kappa shape index (κ1) is 15.0. The van der Waals surface area contributed by atoms with E-state index >= 15 is 0 Å². The maximum absolute atomic E-state index is 5.81. The summed E-state index contributed by atoms with van der Waals surface area (Å²) in [6, 6.07) is 0.177. The fraction of sp³-hybridized carbons (Fsp3) is 1.00. The van der Waals surface area contributed by atoms with E-state index in [9.17, 15) is 0 Å². The fourth-order valence-electron chi connectivity index (χ4n) is 1.16. The summed E-state index contributed by atoms with van der Waals surface area (Å²) >= 11 is 0. The molecule has 0 amide bonds. The van der Waals surface area contributed by atoms with Crippen LogP contribution >= 0.6 is 0 Å². The van der Waals surface area contributed by atoms with Gasteiger partial charge in [-0.1, -0.05) is 0 Å². The number of hydrogen-bond acceptors (Lipinski definition) is 5. The minimum atomic E-state index is -2.35. The van der Waals surface area contributed by atoms with Gasteiger partial charge in [0.1, 0.15) is 0 Å². The van der Waals surface area contributed by atoms with Crippen molar-refractivity contribution in [3.05, 3.63) is 0 Å². The van der Waals surface area contributed by atoms with Crippen molar-refractivity contribution in [1.82, 2.24) is 0 Å². The summed E-state index contributed by atoms with van der Waals surface area (Å²) in [6.45, 7) is 3.14. The second-order valence-corrected chi connectivity index (χ2v) is 6.43. The molecule has 0 radical (unpaired) electrons. The molecule has 0 aliphatic rings. The molecule has 0 aliphatic carbocycles. The molecule has 0 aromatic carbocycles. The van der Waals surface area contributed by atoms with Gasteiger partial charge in [0.05, 0.1) is 0 Å². The molecule has 0 spiro atoms. The number of hydrogen-bond donors (Lipinski definition) is 2. The average molecular weight is 236 g/mol. The highest BCUT2D eigenvalue weighted by Gasteiger charge is 2.31. The maximum atomic E-state index is 5.81. The molecule has 92 valence electrons. The Morgan fingerprint density at radius 1 is 1.20 bits per heavy atom. The van der Waals surface area contributed by atoms with E-state index in [2.05, 4.69) is 0 Å². The fourth-order valence-corrected chi connectivity index (χ4v) is 2.08. The van der Waals surface area contributed by atoms with Gasteiger partial charge in [-0.25, -0.2) is 0 Å². The lowest BCUT2D eigenvalue weighted by Gasteiger charge is -2.22. The van der Waals surface area contributed by atoms with Gasteiger partial charge in [-0.15, -0.1) is 0 Å². The molecule has 0 saturated heterocycles. The molecule has 5 nitrogen and oxygen atoms in total. The monoisotopic (exact) mass is 236 g/mol. The molecule has 0 aliphatic heterocycles. The van der Waals surface area contributed by atoms with Gasteiger partial charge in [0, 0.05) is 33.4 Å². The Labute approximate surface area is 93.4 Å². The lowest BCUT2D eigenvalue weighted by molar-refractivity contribution is 0.103. The Hall–Kier alpha value is 0.0169. The van der Waals surface area contributed by atoms with Gasteiger partial charge in [0.2, 0.25) is 0 Å². The van der Waals surface area contributed by atoms with Crippen LogP contribution in [-0.2, 0) is 13.3 Å². The molecule has 0 aromatic rings. The second-order valence-electron chi connectivity index (χ2n) is 3.60. The Balaban J connectivity index is 3.52. The van der Waals surface area contributed by atoms with Gasteiger partial charge in [-0.05, 0) is 25.8 Å². The van der Waals surface area contributed by atoms with Gasteiger partial charge in [-0.3, -0.25) is 0 Å². The van der Waals surface area contributed by atoms with Crippen molar-refractivity contribution < 1.29 is 13.3 Å². The Bertz CT molecular complexity index is 156. The van der Waals surface area contributed by atoms with Crippen LogP contribution in [0.4, 0.5) is 0 Å². The molecular formula is C9H24N2O3Si. The van der Waals surface area contributed by atoms with Crippen LogP contribution in [0.5, 0.6) is 0 Å². The van der Waals surface area contributed by atoms with Crippen LogP contribution < -0.4 is 11.5 Å². The van der Waals surface area contributed by atoms with Gasteiger partial charge < -0.3 is 24.7 Å². The molecule has 0 bridgehead atoms. The quantitative estimate of drug-likeness (QED) is 0.445. The summed E-state index contributed by atoms with van der Waals surface area (Å²) in [6.07, 6.45) is 2.70. The molecule has 0 fully saturated rings. The molecule has 0 saturated carbocycles. The molecule has 1 atom stereocenters. The summed E-state index contributed by atoms with van der Waals surface area (Å²) in [5, 5.41) is 0. The highest BCUT2D eigenvalue weighted by molar-refractivity contribution is 6.59. The maximum Gasteiger partial charge on any atom is 0.497 e. The average Bonchev–Trinajstić information content (AvgIpc) is 2.24. The molecule has 4 N–H and O–H groups in total. The van der Waals surface area contributed by atoms with Gasteiger partial charge >= 0.3 is 8.80 Å². The van der Waals surface area contributed by atoms with Crippen molar-refractivity contribution in [3.63, 3.8) is 0 Å². The van der Waals surface area contributed by atoms with Crippen molar-refractivity contribution in [2.24, 2.45) is 11.5 Å². The second kappa shape index (κ2) is 8.20. The van der Waals surface area contributed by atoms with E-state index < -0.39 is 8.80 Å². The third-order valence-electron chi connectivity index (χ3n) is 2.36. The highest BCUT2D eigenvalue weighted by atomic mass is 28.4. The third-order valence-corrected chi connectivity index (χ3v) is 4.57. The summed E-state index contributed by atoms with van der Waals surface area (Å²) in [4.78, 5) is 0. The van der Waals surface area contributed by atoms with Gasteiger partial charge in [-0.2, -0.15) is 0 Å². The lowest BCUT2D eigenvalue weighted by atomic mass is 10.1. The van der Waals surface area contributed by atoms with E-state index in [1.165, 1.54) is 0 Å². The summed E-state index contributed by atoms with van der Waals surface area (Å²) in [5.41, 5.74) is 11.2. The molecule has 1 unspecified atom stereocenters. The summed E-state index contributed by atoms with van der Waals surface area (Å²) in [7, 11) is 0.861. The van der Waals surface area contributed by atoms with E-state index in [0.717, 1.165) is 19.3 Å². The van der Waals surface area contributed by atoms with E-state index in [1.807, 2.05) is 6.55 Å². The number of rotatable bonds is 9. The summed E-state index contributed by atoms with van der Waals surface area (Å²) < 4.78 is 15.9. The Morgan fingerprint density at radius 3 is 2.27 bits per heavy atom. The molecule has 0 aromatic heterocycles. The van der Waals surface area contributed by atoms with Crippen LogP contribution in [-0.4, -0.2) is 42.2 Å². The zero-order valence-electron chi connectivity index (χ0n) is 9.99. The summed E-state index contributed by atoms with van der Waals surface area (Å²) in [5.74, 6) is 0. The lowest BCUT2D eigenvalue weighted by Crippen LogP contribution is -2.40. The first-order chi connectivity index (χ1) is 7.08. The van der Waals surface area contributed by atoms with E-state index in [4.69, 9.17) is 24.7 Å². The van der Waals surface area contributed by atoms with Gasteiger partial charge in [0.25, 0.3) is 0 Å². The zero-order valence-corrected chi connectivity index (χ0v) is 11.0. The highest BCUT2D eigenvalue weighted by Crippen LogP contribution is 2.08. The topological polar surface area (TPSA) is 79.7 Å². The molecule has 0 heterocycles. The van der Waals surface area contributed by atoms with Gasteiger partial charge in [0.15, 0.2) is 0 Å². The standard InChI is InChI=1S/C9H24N2O3Si/c1-12-15(3,13-2)14-8-4-5-9(11)6-7-10/h9H,4-8,10-11H2,1-3H3. The zero-order chi connectivity index (χ0) is 11.7. The van der Waals surface area contributed by atoms with Crippen molar-refractivity contribution in [1.29, 1.82) is 0 Å². The Kier molecular flexibility index (Phi) is 8.21. The predicted octanol–water partition coefficient (Wildman–Crippen LogP) is 0.321. The largest absolute Gasteiger partial charge is 0.497 e. The first-order valence-corrected chi connectivity index (χ1v) is 7.50. The molecular weight excluding hydrogens is 212 g/mol. The molecule has 15 heavy (non-hydrogen) atoms. The first-order valence-electron chi connectivity index (χ1n) is 5.28. The third kappa shape index (κ3) is 6.99. The van der Waals surface area contributed by atoms with Crippen LogP contribution in [0.15, 0.2) is 0 Å². The predicted molar refractivity (Wildman–Crippen MR) is 62.5 cm³/mol. The normalized spacial score (nSPS) is 14.2. The minimum absolute atomic E-state index is 0.177. The number of nitrogens with two attached hydrogens (primary N) is 2. The van der Waals surface area contributed by atoms with Crippen molar-refractivity contribution in [2.75, 3.05) is 27.4 Å². The molecule has 0 rings (SSSR count). The minimum Gasteiger partial charge on any atom is -0.377 e. The smallest absolute Gasteiger partial charge is 0.377 e. The SMILES string of the molecule is CO[Si](C)(OC)OCCCC(N)CCN. The van der Waals surface area contributed by atoms with E-state index in [1.54, 1.807) is 14.2 Å². The van der Waals surface area contributed by atoms with Crippen molar-refractivity contribution in [2.45, 2.75) is 31.9 Å². The van der Waals surface area contributed by atoms with Crippen LogP contribution in [0.25, 0.3) is 0 Å². The van der Waals surface area contributed by atoms with Crippen LogP contribution in [0.3, 0.4) is 0 Å². The molecule has 6 heteroatoms. The van der Waals surface area contributed by atoms with E-state index in [-0.39, 0.29) is 6.04 Å². The van der Waals surface area contributed by atoms with Crippen molar-refractivity contribution in [3.8, 4) is 0 Å². The van der Waals surface area contributed by atoms with Crippen LogP contribution in [0.1, 0.15) is 19.3 Å². The van der Waals surface area contributed by atoms with E-state index in [0.29, 0.717) is 13.2 Å². The van der Waals surface area contributed by atoms with Crippen molar-refractivity contribution >= 4 is 8.80 Å².